The standard InChI is InChI=1S/C64H116N9O30PS/c1-40(77)68-52-58(88)55(85)44(36-74)100-61(52)97-30-27-94-22-15-67-49(82)35-73(51(84)10-7-9-50(83)72-18-11-43(12-19-72)103-104(91,105)39-64(4,5)6)17-8-16-71(33-47(80)65-13-20-92-23-25-95-28-31-98-62-53(69-41(2)78)59(89)56(86)45(37-75)101-62)34-48(81)66-14-21-93-24-26-96-29-32-99-63-54(70-42(3)79)60(90)57(87)46(38-76)102-63/h43-46,52-63,74-76,85-90H,7-39H2,1-6H3,(H,65,80)(H,66,81)(H,67,82)(H,68,77)(H,69,78)(H,70,79)(H,91,105)/p-1. The van der Waals surface area contributed by atoms with Gasteiger partial charge in [-0.15, -0.1) is 0 Å². The van der Waals surface area contributed by atoms with Crippen molar-refractivity contribution in [2.24, 2.45) is 5.41 Å². The van der Waals surface area contributed by atoms with Crippen molar-refractivity contribution < 1.29 is 146 Å². The number of aliphatic hydroxyl groups is 9. The van der Waals surface area contributed by atoms with Gasteiger partial charge in [0.2, 0.25) is 47.3 Å². The number of ether oxygens (including phenoxy) is 11. The lowest BCUT2D eigenvalue weighted by Gasteiger charge is -2.42. The molecule has 0 aromatic carbocycles. The Morgan fingerprint density at radius 3 is 1.21 bits per heavy atom. The van der Waals surface area contributed by atoms with E-state index in [2.05, 4.69) is 31.9 Å². The van der Waals surface area contributed by atoms with Crippen LogP contribution in [0.3, 0.4) is 0 Å². The Labute approximate surface area is 616 Å². The first-order chi connectivity index (χ1) is 49.9. The van der Waals surface area contributed by atoms with Gasteiger partial charge in [-0.2, -0.15) is 0 Å². The minimum atomic E-state index is -3.30. The van der Waals surface area contributed by atoms with Crippen LogP contribution in [-0.2, 0) is 107 Å². The summed E-state index contributed by atoms with van der Waals surface area (Å²) in [6.45, 7) is 4.22. The third-order valence-electron chi connectivity index (χ3n) is 16.6. The Morgan fingerprint density at radius 2 is 0.857 bits per heavy atom. The van der Waals surface area contributed by atoms with E-state index < -0.39 is 166 Å². The number of aliphatic hydroxyl groups excluding tert-OH is 9. The average molecular weight is 1550 g/mol. The maximum absolute atomic E-state index is 14.1. The van der Waals surface area contributed by atoms with E-state index in [1.54, 1.807) is 4.90 Å². The maximum atomic E-state index is 14.1. The molecule has 0 aromatic heterocycles. The highest BCUT2D eigenvalue weighted by Crippen LogP contribution is 2.46. The topological polar surface area (TPSA) is 534 Å². The molecule has 4 saturated heterocycles. The molecule has 4 fully saturated rings. The van der Waals surface area contributed by atoms with E-state index in [0.717, 1.165) is 0 Å². The van der Waals surface area contributed by atoms with Crippen LogP contribution in [0.25, 0.3) is 0 Å². The van der Waals surface area contributed by atoms with Crippen molar-refractivity contribution >= 4 is 65.6 Å². The predicted octanol–water partition coefficient (Wildman–Crippen LogP) is -8.29. The van der Waals surface area contributed by atoms with Crippen LogP contribution in [0.15, 0.2) is 0 Å². The van der Waals surface area contributed by atoms with Crippen molar-refractivity contribution in [3.8, 4) is 0 Å². The first-order valence-corrected chi connectivity index (χ1v) is 38.2. The van der Waals surface area contributed by atoms with E-state index in [0.29, 0.717) is 25.9 Å². The largest absolute Gasteiger partial charge is 0.801 e. The molecule has 0 aliphatic carbocycles. The number of nitrogens with one attached hydrogen (secondary N) is 6. The maximum Gasteiger partial charge on any atom is 0.239 e. The summed E-state index contributed by atoms with van der Waals surface area (Å²) in [6.07, 6.45) is -15.2. The first kappa shape index (κ1) is 92.9. The predicted molar refractivity (Wildman–Crippen MR) is 368 cm³/mol. The van der Waals surface area contributed by atoms with Gasteiger partial charge < -0.3 is 149 Å². The number of hydrogen-bond donors (Lipinski definition) is 15. The van der Waals surface area contributed by atoms with Crippen LogP contribution >= 0.6 is 6.49 Å². The van der Waals surface area contributed by atoms with Crippen LogP contribution in [0.5, 0.6) is 0 Å². The van der Waals surface area contributed by atoms with Crippen LogP contribution in [0.4, 0.5) is 0 Å². The molecule has 4 aliphatic rings. The van der Waals surface area contributed by atoms with Crippen LogP contribution in [0.2, 0.25) is 0 Å². The molecule has 105 heavy (non-hydrogen) atoms. The summed E-state index contributed by atoms with van der Waals surface area (Å²) in [5.41, 5.74) is -0.301. The molecule has 8 amide bonds. The number of amides is 8. The van der Waals surface area contributed by atoms with Gasteiger partial charge >= 0.3 is 0 Å². The number of rotatable bonds is 50. The smallest absolute Gasteiger partial charge is 0.239 e. The van der Waals surface area contributed by atoms with E-state index in [1.165, 1.54) is 30.6 Å². The van der Waals surface area contributed by atoms with Crippen molar-refractivity contribution in [1.29, 1.82) is 0 Å². The minimum Gasteiger partial charge on any atom is -0.801 e. The lowest BCUT2D eigenvalue weighted by Crippen LogP contribution is -2.64. The molecule has 16 unspecified atom stereocenters. The lowest BCUT2D eigenvalue weighted by atomic mass is 9.97. The number of nitrogens with zero attached hydrogens (tertiary/aromatic N) is 3. The SMILES string of the molecule is CC(=O)NC1C(OCCOCCNC(=O)CN(CCCN(CC(=O)NCCOCCOCCOC2OC(CO)C(O)C(O)C2NC(C)=O)CC(=O)NCCOCCOCCOC2OC(CO)C(O)C(O)C2NC(C)=O)C(=O)CCCC(=O)N2CCC(OP([O-])(=S)CC(C)(C)C)CC2)OC(CO)C(O)C1O. The van der Waals surface area contributed by atoms with Crippen molar-refractivity contribution in [2.75, 3.05) is 177 Å². The molecule has 4 heterocycles. The molecule has 15 N–H and O–H groups in total. The van der Waals surface area contributed by atoms with Crippen LogP contribution < -0.4 is 36.8 Å². The van der Waals surface area contributed by atoms with E-state index in [4.69, 9.17) is 68.4 Å². The lowest BCUT2D eigenvalue weighted by molar-refractivity contribution is -0.272. The molecule has 608 valence electrons. The van der Waals surface area contributed by atoms with Crippen molar-refractivity contribution in [3.05, 3.63) is 0 Å². The molecule has 16 atom stereocenters. The molecule has 4 rings (SSSR count). The average Bonchev–Trinajstić information content (AvgIpc) is 0.817. The third kappa shape index (κ3) is 35.8. The second kappa shape index (κ2) is 49.6. The minimum absolute atomic E-state index is 0.00977. The molecular weight excluding hydrogens is 1440 g/mol. The Bertz CT molecular complexity index is 2560. The zero-order valence-corrected chi connectivity index (χ0v) is 62.6. The summed E-state index contributed by atoms with van der Waals surface area (Å²) in [5.74, 6) is -3.76. The summed E-state index contributed by atoms with van der Waals surface area (Å²) in [6, 6.07) is -3.41. The fraction of sp³-hybridized carbons (Fsp3) is 0.875. The molecule has 0 spiro atoms. The molecule has 41 heteroatoms. The summed E-state index contributed by atoms with van der Waals surface area (Å²) in [7, 11) is 0. The summed E-state index contributed by atoms with van der Waals surface area (Å²) in [4.78, 5) is 121. The highest BCUT2D eigenvalue weighted by atomic mass is 32.5. The second-order valence-corrected chi connectivity index (χ2v) is 30.2. The van der Waals surface area contributed by atoms with Gasteiger partial charge in [-0.05, 0) is 43.8 Å². The number of carbonyl (C=O) groups excluding carboxylic acids is 8. The van der Waals surface area contributed by atoms with Crippen molar-refractivity contribution in [2.45, 2.75) is 178 Å². The van der Waals surface area contributed by atoms with Crippen LogP contribution in [0, 0.1) is 5.41 Å². The highest BCUT2D eigenvalue weighted by molar-refractivity contribution is 8.08. The van der Waals surface area contributed by atoms with Crippen LogP contribution in [0.1, 0.15) is 80.1 Å². The van der Waals surface area contributed by atoms with E-state index in [9.17, 15) is 89.2 Å². The zero-order chi connectivity index (χ0) is 77.7. The van der Waals surface area contributed by atoms with Gasteiger partial charge in [0, 0.05) is 79.4 Å². The van der Waals surface area contributed by atoms with E-state index >= 15 is 0 Å². The van der Waals surface area contributed by atoms with Gasteiger partial charge in [0.15, 0.2) is 18.9 Å². The van der Waals surface area contributed by atoms with Gasteiger partial charge in [0.05, 0.1) is 131 Å². The van der Waals surface area contributed by atoms with Gasteiger partial charge in [-0.25, -0.2) is 0 Å². The highest BCUT2D eigenvalue weighted by Gasteiger charge is 2.48. The molecule has 0 aromatic rings. The number of carbonyl (C=O) groups is 8. The zero-order valence-electron chi connectivity index (χ0n) is 60.9. The summed E-state index contributed by atoms with van der Waals surface area (Å²) < 4.78 is 67.4. The fourth-order valence-corrected chi connectivity index (χ4v) is 15.0. The van der Waals surface area contributed by atoms with Gasteiger partial charge in [0.1, 0.15) is 73.1 Å². The monoisotopic (exact) mass is 1550 g/mol. The molecular formula is C64H115N9O30PS-. The quantitative estimate of drug-likeness (QED) is 0.0199. The van der Waals surface area contributed by atoms with Crippen molar-refractivity contribution in [1.82, 2.24) is 46.6 Å². The Hall–Kier alpha value is -4.51. The second-order valence-electron chi connectivity index (χ2n) is 26.8. The third-order valence-corrected chi connectivity index (χ3v) is 19.2. The fourth-order valence-electron chi connectivity index (χ4n) is 11.5. The first-order valence-electron chi connectivity index (χ1n) is 35.4. The van der Waals surface area contributed by atoms with Crippen LogP contribution in [-0.4, -0.2) is 383 Å². The molecule has 39 nitrogen and oxygen atoms in total. The van der Waals surface area contributed by atoms with Gasteiger partial charge in [-0.1, -0.05) is 32.6 Å². The molecule has 0 radical (unpaired) electrons. The van der Waals surface area contributed by atoms with E-state index in [-0.39, 0.29) is 181 Å². The van der Waals surface area contributed by atoms with Gasteiger partial charge in [-0.3, -0.25) is 43.3 Å². The van der Waals surface area contributed by atoms with Crippen molar-refractivity contribution in [3.63, 3.8) is 0 Å². The summed E-state index contributed by atoms with van der Waals surface area (Å²) in [5, 5.41) is 107. The normalized spacial score (nSPS) is 26.5. The molecule has 0 bridgehead atoms. The molecule has 0 saturated carbocycles. The Kier molecular flexibility index (Phi) is 43.9. The Morgan fingerprint density at radius 1 is 0.505 bits per heavy atom. The number of likely N-dealkylation sites (tertiary alicyclic amines) is 1. The molecule has 4 aliphatic heterocycles. The van der Waals surface area contributed by atoms with E-state index in [1.807, 2.05) is 20.8 Å². The summed E-state index contributed by atoms with van der Waals surface area (Å²) >= 11 is 5.32. The number of hydrogen-bond acceptors (Lipinski definition) is 32. The number of piperidine rings is 1. The Balaban J connectivity index is 1.33. The van der Waals surface area contributed by atoms with Gasteiger partial charge in [0.25, 0.3) is 0 Å².